The molecule has 1 aromatic rings. The highest BCUT2D eigenvalue weighted by Crippen LogP contribution is 2.37. The summed E-state index contributed by atoms with van der Waals surface area (Å²) in [6, 6.07) is 2.74. The van der Waals surface area contributed by atoms with Gasteiger partial charge in [-0.15, -0.1) is 0 Å². The normalized spacial score (nSPS) is 23.3. The van der Waals surface area contributed by atoms with Crippen LogP contribution in [0.3, 0.4) is 0 Å². The van der Waals surface area contributed by atoms with E-state index in [-0.39, 0.29) is 36.4 Å². The number of carbonyl (C=O) groups is 2. The second kappa shape index (κ2) is 11.7. The molecule has 0 atom stereocenters. The van der Waals surface area contributed by atoms with Gasteiger partial charge in [0.05, 0.1) is 12.6 Å². The third kappa shape index (κ3) is 7.70. The van der Waals surface area contributed by atoms with Crippen LogP contribution in [0.25, 0.3) is 0 Å². The van der Waals surface area contributed by atoms with Crippen molar-refractivity contribution in [2.75, 3.05) is 6.61 Å². The van der Waals surface area contributed by atoms with Crippen LogP contribution in [-0.2, 0) is 4.74 Å². The van der Waals surface area contributed by atoms with Gasteiger partial charge in [0.1, 0.15) is 5.84 Å². The second-order valence-electron chi connectivity index (χ2n) is 9.03. The Hall–Kier alpha value is -2.65. The number of rotatable bonds is 6. The molecular formula is C24H31F4N3O3. The molecule has 188 valence electrons. The van der Waals surface area contributed by atoms with E-state index in [1.54, 1.807) is 6.92 Å². The minimum atomic E-state index is -2.66. The summed E-state index contributed by atoms with van der Waals surface area (Å²) in [7, 11) is 0. The maximum Gasteiger partial charge on any atom is 0.407 e. The summed E-state index contributed by atoms with van der Waals surface area (Å²) in [6.07, 6.45) is 2.83. The van der Waals surface area contributed by atoms with Gasteiger partial charge < -0.3 is 15.4 Å². The van der Waals surface area contributed by atoms with Gasteiger partial charge in [0.2, 0.25) is 5.92 Å². The molecule has 0 aliphatic heterocycles. The number of hydrogen-bond donors (Lipinski definition) is 2. The minimum absolute atomic E-state index is 0.0219. The van der Waals surface area contributed by atoms with Gasteiger partial charge >= 0.3 is 6.09 Å². The first kappa shape index (κ1) is 26.0. The number of halogens is 4. The van der Waals surface area contributed by atoms with Crippen LogP contribution in [0.4, 0.5) is 22.4 Å². The SMILES string of the molecule is CCOC(=O)NC1CCC(N=C(CC2CCC(F)(F)CC2)NC(=O)c2ccc(F)c(F)c2)CC1. The van der Waals surface area contributed by atoms with Crippen LogP contribution in [0.15, 0.2) is 23.2 Å². The summed E-state index contributed by atoms with van der Waals surface area (Å²) in [5.74, 6) is -5.16. The van der Waals surface area contributed by atoms with Gasteiger partial charge in [0.15, 0.2) is 11.6 Å². The summed E-state index contributed by atoms with van der Waals surface area (Å²) in [5.41, 5.74) is -0.0517. The smallest absolute Gasteiger partial charge is 0.407 e. The van der Waals surface area contributed by atoms with Gasteiger partial charge in [-0.1, -0.05) is 0 Å². The molecule has 0 unspecified atom stereocenters. The largest absolute Gasteiger partial charge is 0.450 e. The first-order valence-corrected chi connectivity index (χ1v) is 11.8. The maximum atomic E-state index is 13.6. The molecule has 10 heteroatoms. The number of carbonyl (C=O) groups excluding carboxylic acids is 2. The molecule has 1 aromatic carbocycles. The Labute approximate surface area is 196 Å². The maximum absolute atomic E-state index is 13.6. The van der Waals surface area contributed by atoms with E-state index in [9.17, 15) is 27.2 Å². The number of hydrogen-bond acceptors (Lipinski definition) is 4. The number of nitrogens with one attached hydrogen (secondary N) is 2. The van der Waals surface area contributed by atoms with E-state index < -0.39 is 29.6 Å². The summed E-state index contributed by atoms with van der Waals surface area (Å²) >= 11 is 0. The van der Waals surface area contributed by atoms with Gasteiger partial charge in [-0.2, -0.15) is 0 Å². The van der Waals surface area contributed by atoms with Crippen LogP contribution >= 0.6 is 0 Å². The van der Waals surface area contributed by atoms with Crippen molar-refractivity contribution in [3.63, 3.8) is 0 Å². The fourth-order valence-electron chi connectivity index (χ4n) is 4.46. The zero-order valence-corrected chi connectivity index (χ0v) is 19.2. The predicted octanol–water partition coefficient (Wildman–Crippen LogP) is 5.37. The number of amides is 2. The fraction of sp³-hybridized carbons (Fsp3) is 0.625. The van der Waals surface area contributed by atoms with Crippen molar-refractivity contribution in [2.45, 2.75) is 82.7 Å². The molecule has 0 saturated heterocycles. The summed E-state index contributed by atoms with van der Waals surface area (Å²) < 4.78 is 58.8. The van der Waals surface area contributed by atoms with Crippen molar-refractivity contribution in [1.29, 1.82) is 0 Å². The molecular weight excluding hydrogens is 454 g/mol. The van der Waals surface area contributed by atoms with Crippen molar-refractivity contribution in [3.8, 4) is 0 Å². The molecule has 2 N–H and O–H groups in total. The molecule has 2 fully saturated rings. The molecule has 34 heavy (non-hydrogen) atoms. The standard InChI is InChI=1S/C24H31F4N3O3/c1-2-34-23(33)30-18-6-4-17(5-7-18)29-21(13-15-9-11-24(27,28)12-10-15)31-22(32)16-3-8-19(25)20(26)14-16/h3,8,14-15,17-18H,2,4-7,9-13H2,1H3,(H,30,33)(H,29,31,32). The van der Waals surface area contributed by atoms with Crippen molar-refractivity contribution in [2.24, 2.45) is 10.9 Å². The average Bonchev–Trinajstić information content (AvgIpc) is 2.78. The zero-order valence-electron chi connectivity index (χ0n) is 19.2. The van der Waals surface area contributed by atoms with Gasteiger partial charge in [-0.25, -0.2) is 22.4 Å². The lowest BCUT2D eigenvalue weighted by Crippen LogP contribution is -2.39. The van der Waals surface area contributed by atoms with Crippen molar-refractivity contribution < 1.29 is 31.9 Å². The van der Waals surface area contributed by atoms with Gasteiger partial charge in [0.25, 0.3) is 5.91 Å². The molecule has 0 bridgehead atoms. The van der Waals surface area contributed by atoms with E-state index >= 15 is 0 Å². The molecule has 0 spiro atoms. The van der Waals surface area contributed by atoms with Crippen LogP contribution < -0.4 is 10.6 Å². The minimum Gasteiger partial charge on any atom is -0.450 e. The topological polar surface area (TPSA) is 79.8 Å². The summed E-state index contributed by atoms with van der Waals surface area (Å²) in [5, 5.41) is 5.51. The van der Waals surface area contributed by atoms with Crippen LogP contribution in [0, 0.1) is 17.6 Å². The predicted molar refractivity (Wildman–Crippen MR) is 119 cm³/mol. The zero-order chi connectivity index (χ0) is 24.7. The van der Waals surface area contributed by atoms with E-state index in [0.29, 0.717) is 57.4 Å². The van der Waals surface area contributed by atoms with Gasteiger partial charge in [0, 0.05) is 30.9 Å². The number of alkyl halides is 2. The van der Waals surface area contributed by atoms with E-state index in [1.165, 1.54) is 6.07 Å². The van der Waals surface area contributed by atoms with Crippen molar-refractivity contribution in [1.82, 2.24) is 10.6 Å². The summed E-state index contributed by atoms with van der Waals surface area (Å²) in [4.78, 5) is 29.0. The number of amidine groups is 1. The highest BCUT2D eigenvalue weighted by atomic mass is 19.3. The van der Waals surface area contributed by atoms with E-state index in [4.69, 9.17) is 9.73 Å². The average molecular weight is 486 g/mol. The quantitative estimate of drug-likeness (QED) is 0.323. The number of nitrogens with zero attached hydrogens (tertiary/aromatic N) is 1. The monoisotopic (exact) mass is 485 g/mol. The Morgan fingerprint density at radius 1 is 1.06 bits per heavy atom. The molecule has 0 radical (unpaired) electrons. The first-order chi connectivity index (χ1) is 16.1. The van der Waals surface area contributed by atoms with Crippen molar-refractivity contribution >= 4 is 17.8 Å². The lowest BCUT2D eigenvalue weighted by molar-refractivity contribution is -0.0450. The molecule has 6 nitrogen and oxygen atoms in total. The Morgan fingerprint density at radius 3 is 2.35 bits per heavy atom. The highest BCUT2D eigenvalue weighted by Gasteiger charge is 2.35. The van der Waals surface area contributed by atoms with Crippen LogP contribution in [0.1, 0.15) is 75.1 Å². The Bertz CT molecular complexity index is 891. The Balaban J connectivity index is 1.66. The van der Waals surface area contributed by atoms with E-state index in [1.807, 2.05) is 0 Å². The third-order valence-corrected chi connectivity index (χ3v) is 6.39. The number of alkyl carbamates (subject to hydrolysis) is 1. The van der Waals surface area contributed by atoms with Gasteiger partial charge in [-0.3, -0.25) is 9.79 Å². The number of aliphatic imine (C=N–C) groups is 1. The van der Waals surface area contributed by atoms with Crippen LogP contribution in [-0.4, -0.2) is 42.4 Å². The third-order valence-electron chi connectivity index (χ3n) is 6.39. The highest BCUT2D eigenvalue weighted by molar-refractivity contribution is 6.06. The fourth-order valence-corrected chi connectivity index (χ4v) is 4.46. The lowest BCUT2D eigenvalue weighted by atomic mass is 9.84. The van der Waals surface area contributed by atoms with E-state index in [2.05, 4.69) is 10.6 Å². The Kier molecular flexibility index (Phi) is 8.90. The van der Waals surface area contributed by atoms with Gasteiger partial charge in [-0.05, 0) is 69.6 Å². The molecule has 2 aliphatic carbocycles. The van der Waals surface area contributed by atoms with E-state index in [0.717, 1.165) is 12.1 Å². The molecule has 0 heterocycles. The lowest BCUT2D eigenvalue weighted by Gasteiger charge is -2.30. The summed E-state index contributed by atoms with van der Waals surface area (Å²) in [6.45, 7) is 2.02. The van der Waals surface area contributed by atoms with Crippen LogP contribution in [0.5, 0.6) is 0 Å². The number of benzene rings is 1. The molecule has 3 rings (SSSR count). The molecule has 2 saturated carbocycles. The van der Waals surface area contributed by atoms with Crippen molar-refractivity contribution in [3.05, 3.63) is 35.4 Å². The molecule has 0 aromatic heterocycles. The first-order valence-electron chi connectivity index (χ1n) is 11.8. The second-order valence-corrected chi connectivity index (χ2v) is 9.03. The van der Waals surface area contributed by atoms with Crippen LogP contribution in [0.2, 0.25) is 0 Å². The molecule has 2 aliphatic rings. The molecule has 2 amide bonds. The number of ether oxygens (including phenoxy) is 1. The Morgan fingerprint density at radius 2 is 1.74 bits per heavy atom.